The van der Waals surface area contributed by atoms with Crippen molar-refractivity contribution in [1.29, 1.82) is 0 Å². The first-order chi connectivity index (χ1) is 12.7. The lowest BCUT2D eigenvalue weighted by Crippen LogP contribution is -2.15. The van der Waals surface area contributed by atoms with Crippen molar-refractivity contribution >= 4 is 5.97 Å². The molecule has 0 aliphatic heterocycles. The average Bonchev–Trinajstić information content (AvgIpc) is 2.61. The normalized spacial score (nSPS) is 12.5. The van der Waals surface area contributed by atoms with Crippen molar-refractivity contribution < 1.29 is 32.5 Å². The van der Waals surface area contributed by atoms with Gasteiger partial charge in [-0.15, -0.1) is 0 Å². The SMILES string of the molecule is COC(=O)C(C)CCOc1ccc(-c2ccc(CC(F)(F)F)cc2)cc1O. The number of carbonyl (C=O) groups is 1. The second-order valence-electron chi connectivity index (χ2n) is 6.23. The first kappa shape index (κ1) is 20.6. The van der Waals surface area contributed by atoms with Gasteiger partial charge in [-0.05, 0) is 35.2 Å². The van der Waals surface area contributed by atoms with Crippen LogP contribution in [0.2, 0.25) is 0 Å². The molecule has 0 radical (unpaired) electrons. The third-order valence-electron chi connectivity index (χ3n) is 4.06. The van der Waals surface area contributed by atoms with Crippen molar-refractivity contribution in [1.82, 2.24) is 0 Å². The van der Waals surface area contributed by atoms with Gasteiger partial charge in [0.05, 0.1) is 26.1 Å². The highest BCUT2D eigenvalue weighted by Gasteiger charge is 2.27. The van der Waals surface area contributed by atoms with Crippen molar-refractivity contribution in [3.8, 4) is 22.6 Å². The minimum atomic E-state index is -4.25. The maximum Gasteiger partial charge on any atom is 0.393 e. The van der Waals surface area contributed by atoms with Gasteiger partial charge in [-0.1, -0.05) is 37.3 Å². The van der Waals surface area contributed by atoms with E-state index in [0.717, 1.165) is 0 Å². The summed E-state index contributed by atoms with van der Waals surface area (Å²) in [6.45, 7) is 1.95. The van der Waals surface area contributed by atoms with E-state index in [9.17, 15) is 23.1 Å². The van der Waals surface area contributed by atoms with Gasteiger partial charge in [0.1, 0.15) is 0 Å². The number of ether oxygens (including phenoxy) is 2. The van der Waals surface area contributed by atoms with E-state index in [1.165, 1.54) is 25.3 Å². The van der Waals surface area contributed by atoms with Gasteiger partial charge in [-0.25, -0.2) is 0 Å². The third-order valence-corrected chi connectivity index (χ3v) is 4.06. The highest BCUT2D eigenvalue weighted by atomic mass is 19.4. The lowest BCUT2D eigenvalue weighted by Gasteiger charge is -2.12. The van der Waals surface area contributed by atoms with E-state index in [-0.39, 0.29) is 35.6 Å². The molecule has 0 spiro atoms. The average molecular weight is 382 g/mol. The molecule has 0 bridgehead atoms. The summed E-state index contributed by atoms with van der Waals surface area (Å²) < 4.78 is 47.3. The molecule has 0 saturated heterocycles. The molecule has 2 aromatic rings. The standard InChI is InChI=1S/C20H21F3O4/c1-13(19(25)26-2)9-10-27-18-8-7-16(11-17(18)24)15-5-3-14(4-6-15)12-20(21,22)23/h3-8,11,13,24H,9-10,12H2,1-2H3. The molecule has 0 saturated carbocycles. The number of alkyl halides is 3. The van der Waals surface area contributed by atoms with E-state index in [0.29, 0.717) is 17.5 Å². The Balaban J connectivity index is 2.00. The van der Waals surface area contributed by atoms with Crippen LogP contribution in [0.5, 0.6) is 11.5 Å². The molecule has 2 aromatic carbocycles. The minimum absolute atomic E-state index is 0.0856. The summed E-state index contributed by atoms with van der Waals surface area (Å²) in [5, 5.41) is 10.1. The fraction of sp³-hybridized carbons (Fsp3) is 0.350. The second kappa shape index (κ2) is 8.79. The highest BCUT2D eigenvalue weighted by Crippen LogP contribution is 2.32. The summed E-state index contributed by atoms with van der Waals surface area (Å²) in [5.41, 5.74) is 1.51. The van der Waals surface area contributed by atoms with Crippen LogP contribution in [0.4, 0.5) is 13.2 Å². The molecule has 0 heterocycles. The van der Waals surface area contributed by atoms with Crippen molar-refractivity contribution in [2.24, 2.45) is 5.92 Å². The molecule has 1 atom stereocenters. The Morgan fingerprint density at radius 3 is 2.30 bits per heavy atom. The predicted molar refractivity (Wildman–Crippen MR) is 94.6 cm³/mol. The largest absolute Gasteiger partial charge is 0.504 e. The highest BCUT2D eigenvalue weighted by molar-refractivity contribution is 5.71. The molecule has 27 heavy (non-hydrogen) atoms. The number of benzene rings is 2. The quantitative estimate of drug-likeness (QED) is 0.703. The molecule has 2 rings (SSSR count). The Morgan fingerprint density at radius 2 is 1.74 bits per heavy atom. The van der Waals surface area contributed by atoms with Gasteiger partial charge in [0, 0.05) is 0 Å². The van der Waals surface area contributed by atoms with Gasteiger partial charge in [0.15, 0.2) is 11.5 Å². The van der Waals surface area contributed by atoms with Gasteiger partial charge in [0.2, 0.25) is 0 Å². The number of hydrogen-bond donors (Lipinski definition) is 1. The third kappa shape index (κ3) is 6.20. The van der Waals surface area contributed by atoms with Gasteiger partial charge < -0.3 is 14.6 Å². The fourth-order valence-corrected chi connectivity index (χ4v) is 2.53. The van der Waals surface area contributed by atoms with Crippen LogP contribution in [-0.4, -0.2) is 31.0 Å². The molecule has 0 amide bonds. The summed E-state index contributed by atoms with van der Waals surface area (Å²) >= 11 is 0. The van der Waals surface area contributed by atoms with E-state index >= 15 is 0 Å². The number of aromatic hydroxyl groups is 1. The number of rotatable bonds is 7. The lowest BCUT2D eigenvalue weighted by atomic mass is 10.0. The Kier molecular flexibility index (Phi) is 6.71. The molecule has 1 N–H and O–H groups in total. The van der Waals surface area contributed by atoms with Crippen molar-refractivity contribution in [2.75, 3.05) is 13.7 Å². The van der Waals surface area contributed by atoms with E-state index in [1.807, 2.05) is 0 Å². The van der Waals surface area contributed by atoms with Gasteiger partial charge >= 0.3 is 12.1 Å². The number of halogens is 3. The molecule has 0 aliphatic carbocycles. The molecular formula is C20H21F3O4. The van der Waals surface area contributed by atoms with Crippen molar-refractivity contribution in [2.45, 2.75) is 25.9 Å². The summed E-state index contributed by atoms with van der Waals surface area (Å²) in [5.74, 6) is -0.458. The van der Waals surface area contributed by atoms with E-state index in [1.54, 1.807) is 31.2 Å². The minimum Gasteiger partial charge on any atom is -0.504 e. The van der Waals surface area contributed by atoms with Crippen LogP contribution in [-0.2, 0) is 16.0 Å². The van der Waals surface area contributed by atoms with E-state index in [2.05, 4.69) is 4.74 Å². The molecule has 146 valence electrons. The van der Waals surface area contributed by atoms with Gasteiger partial charge in [0.25, 0.3) is 0 Å². The molecule has 0 aromatic heterocycles. The van der Waals surface area contributed by atoms with Crippen LogP contribution in [0.1, 0.15) is 18.9 Å². The number of methoxy groups -OCH3 is 1. The predicted octanol–water partition coefficient (Wildman–Crippen LogP) is 4.74. The molecule has 1 unspecified atom stereocenters. The van der Waals surface area contributed by atoms with Crippen LogP contribution in [0.25, 0.3) is 11.1 Å². The summed E-state index contributed by atoms with van der Waals surface area (Å²) in [6, 6.07) is 10.8. The zero-order valence-corrected chi connectivity index (χ0v) is 15.0. The Hall–Kier alpha value is -2.70. The van der Waals surface area contributed by atoms with Crippen LogP contribution in [0.15, 0.2) is 42.5 Å². The molecule has 0 fully saturated rings. The topological polar surface area (TPSA) is 55.8 Å². The van der Waals surface area contributed by atoms with Gasteiger partial charge in [-0.3, -0.25) is 4.79 Å². The summed E-state index contributed by atoms with van der Waals surface area (Å²) in [7, 11) is 1.32. The zero-order valence-electron chi connectivity index (χ0n) is 15.0. The number of esters is 1. The first-order valence-corrected chi connectivity index (χ1v) is 8.39. The molecular weight excluding hydrogens is 361 g/mol. The number of phenols is 1. The Morgan fingerprint density at radius 1 is 1.11 bits per heavy atom. The number of phenolic OH excluding ortho intramolecular Hbond substituents is 1. The summed E-state index contributed by atoms with van der Waals surface area (Å²) in [6.07, 6.45) is -4.78. The lowest BCUT2D eigenvalue weighted by molar-refractivity contribution is -0.145. The zero-order chi connectivity index (χ0) is 20.0. The van der Waals surface area contributed by atoms with E-state index in [4.69, 9.17) is 4.74 Å². The monoisotopic (exact) mass is 382 g/mol. The number of carbonyl (C=O) groups excluding carboxylic acids is 1. The van der Waals surface area contributed by atoms with Gasteiger partial charge in [-0.2, -0.15) is 13.2 Å². The summed E-state index contributed by atoms with van der Waals surface area (Å²) in [4.78, 5) is 11.3. The van der Waals surface area contributed by atoms with Crippen LogP contribution >= 0.6 is 0 Å². The van der Waals surface area contributed by atoms with E-state index < -0.39 is 12.6 Å². The Labute approximate surface area is 155 Å². The van der Waals surface area contributed by atoms with Crippen molar-refractivity contribution in [3.05, 3.63) is 48.0 Å². The van der Waals surface area contributed by atoms with Crippen LogP contribution < -0.4 is 4.74 Å². The van der Waals surface area contributed by atoms with Crippen LogP contribution in [0.3, 0.4) is 0 Å². The first-order valence-electron chi connectivity index (χ1n) is 8.39. The second-order valence-corrected chi connectivity index (χ2v) is 6.23. The molecule has 0 aliphatic rings. The van der Waals surface area contributed by atoms with Crippen LogP contribution in [0, 0.1) is 5.92 Å². The Bertz CT molecular complexity index is 770. The smallest absolute Gasteiger partial charge is 0.393 e. The maximum atomic E-state index is 12.4. The fourth-order valence-electron chi connectivity index (χ4n) is 2.53. The number of hydrogen-bond acceptors (Lipinski definition) is 4. The maximum absolute atomic E-state index is 12.4. The van der Waals surface area contributed by atoms with Crippen molar-refractivity contribution in [3.63, 3.8) is 0 Å². The molecule has 4 nitrogen and oxygen atoms in total. The molecule has 7 heteroatoms.